The van der Waals surface area contributed by atoms with Crippen molar-refractivity contribution >= 4 is 38.9 Å². The SMILES string of the molecule is CCC(=O)Nc1cccc(C(=O)Nc2cc(S(=O)(=O)N3CCOCC3)ccc2N(CC)CC)c1. The number of benzene rings is 2. The van der Waals surface area contributed by atoms with Crippen molar-refractivity contribution in [1.82, 2.24) is 4.31 Å². The number of hydrogen-bond donors (Lipinski definition) is 2. The van der Waals surface area contributed by atoms with Gasteiger partial charge in [0, 0.05) is 43.9 Å². The summed E-state index contributed by atoms with van der Waals surface area (Å²) in [6.45, 7) is 8.40. The van der Waals surface area contributed by atoms with Crippen LogP contribution in [0.1, 0.15) is 37.6 Å². The molecule has 1 heterocycles. The molecule has 0 radical (unpaired) electrons. The van der Waals surface area contributed by atoms with Gasteiger partial charge in [-0.15, -0.1) is 0 Å². The van der Waals surface area contributed by atoms with Gasteiger partial charge in [0.1, 0.15) is 0 Å². The highest BCUT2D eigenvalue weighted by Gasteiger charge is 2.27. The first-order chi connectivity index (χ1) is 16.3. The van der Waals surface area contributed by atoms with Crippen LogP contribution in [0.3, 0.4) is 0 Å². The summed E-state index contributed by atoms with van der Waals surface area (Å²) in [5, 5.41) is 5.63. The summed E-state index contributed by atoms with van der Waals surface area (Å²) in [5.41, 5.74) is 2.01. The van der Waals surface area contributed by atoms with Crippen molar-refractivity contribution in [3.63, 3.8) is 0 Å². The van der Waals surface area contributed by atoms with Gasteiger partial charge in [-0.2, -0.15) is 4.31 Å². The van der Waals surface area contributed by atoms with Gasteiger partial charge in [0.2, 0.25) is 15.9 Å². The molecule has 9 nitrogen and oxygen atoms in total. The van der Waals surface area contributed by atoms with Crippen LogP contribution in [0.15, 0.2) is 47.4 Å². The number of ether oxygens (including phenoxy) is 1. The van der Waals surface area contributed by atoms with Crippen LogP contribution >= 0.6 is 0 Å². The molecule has 1 saturated heterocycles. The standard InChI is InChI=1S/C24H32N4O5S/c1-4-23(29)25-19-9-7-8-18(16-19)24(30)26-21-17-20(10-11-22(21)27(5-2)6-3)34(31,32)28-12-14-33-15-13-28/h7-11,16-17H,4-6,12-15H2,1-3H3,(H,25,29)(H,26,30). The Hall–Kier alpha value is -2.95. The Kier molecular flexibility index (Phi) is 8.65. The fourth-order valence-electron chi connectivity index (χ4n) is 3.73. The molecule has 0 aromatic heterocycles. The van der Waals surface area contributed by atoms with Gasteiger partial charge in [-0.1, -0.05) is 13.0 Å². The van der Waals surface area contributed by atoms with Gasteiger partial charge in [0.25, 0.3) is 5.91 Å². The van der Waals surface area contributed by atoms with Crippen molar-refractivity contribution in [2.24, 2.45) is 0 Å². The largest absolute Gasteiger partial charge is 0.379 e. The van der Waals surface area contributed by atoms with Crippen LogP contribution in [0.5, 0.6) is 0 Å². The highest BCUT2D eigenvalue weighted by molar-refractivity contribution is 7.89. The molecule has 0 spiro atoms. The molecule has 184 valence electrons. The lowest BCUT2D eigenvalue weighted by Crippen LogP contribution is -2.40. The van der Waals surface area contributed by atoms with E-state index in [2.05, 4.69) is 10.6 Å². The van der Waals surface area contributed by atoms with E-state index in [1.807, 2.05) is 18.7 Å². The molecule has 10 heteroatoms. The zero-order chi connectivity index (χ0) is 24.7. The number of sulfonamides is 1. The fourth-order valence-corrected chi connectivity index (χ4v) is 5.17. The van der Waals surface area contributed by atoms with Crippen molar-refractivity contribution in [2.45, 2.75) is 32.1 Å². The third-order valence-corrected chi connectivity index (χ3v) is 7.55. The molecule has 1 aliphatic rings. The molecular weight excluding hydrogens is 456 g/mol. The minimum atomic E-state index is -3.73. The number of carbonyl (C=O) groups excluding carboxylic acids is 2. The number of rotatable bonds is 9. The van der Waals surface area contributed by atoms with Crippen molar-refractivity contribution in [3.05, 3.63) is 48.0 Å². The molecule has 2 N–H and O–H groups in total. The van der Waals surface area contributed by atoms with Gasteiger partial charge in [-0.3, -0.25) is 9.59 Å². The lowest BCUT2D eigenvalue weighted by atomic mass is 10.1. The average molecular weight is 489 g/mol. The summed E-state index contributed by atoms with van der Waals surface area (Å²) in [4.78, 5) is 27.0. The van der Waals surface area contributed by atoms with Crippen LogP contribution in [0, 0.1) is 0 Å². The number of nitrogens with zero attached hydrogens (tertiary/aromatic N) is 2. The fraction of sp³-hybridized carbons (Fsp3) is 0.417. The molecule has 2 aromatic carbocycles. The Balaban J connectivity index is 1.94. The lowest BCUT2D eigenvalue weighted by Gasteiger charge is -2.28. The van der Waals surface area contributed by atoms with Gasteiger partial charge in [-0.25, -0.2) is 8.42 Å². The molecule has 34 heavy (non-hydrogen) atoms. The van der Waals surface area contributed by atoms with Crippen molar-refractivity contribution in [3.8, 4) is 0 Å². The third kappa shape index (κ3) is 5.94. The molecule has 0 aliphatic carbocycles. The monoisotopic (exact) mass is 488 g/mol. The number of hydrogen-bond acceptors (Lipinski definition) is 6. The summed E-state index contributed by atoms with van der Waals surface area (Å²) in [7, 11) is -3.73. The summed E-state index contributed by atoms with van der Waals surface area (Å²) in [6, 6.07) is 11.4. The predicted molar refractivity (Wildman–Crippen MR) is 133 cm³/mol. The number of carbonyl (C=O) groups is 2. The van der Waals surface area contributed by atoms with Gasteiger partial charge in [0.15, 0.2) is 0 Å². The molecule has 1 fully saturated rings. The van der Waals surface area contributed by atoms with E-state index < -0.39 is 15.9 Å². The Bertz CT molecular complexity index is 1130. The highest BCUT2D eigenvalue weighted by atomic mass is 32.2. The maximum absolute atomic E-state index is 13.2. The van der Waals surface area contributed by atoms with E-state index in [9.17, 15) is 18.0 Å². The second-order valence-corrected chi connectivity index (χ2v) is 9.74. The van der Waals surface area contributed by atoms with Gasteiger partial charge in [0.05, 0.1) is 29.5 Å². The van der Waals surface area contributed by atoms with Crippen molar-refractivity contribution < 1.29 is 22.7 Å². The number of morpholine rings is 1. The second-order valence-electron chi connectivity index (χ2n) is 7.80. The minimum absolute atomic E-state index is 0.115. The minimum Gasteiger partial charge on any atom is -0.379 e. The molecule has 2 aromatic rings. The van der Waals surface area contributed by atoms with Gasteiger partial charge >= 0.3 is 0 Å². The number of anilines is 3. The van der Waals surface area contributed by atoms with Gasteiger partial charge in [-0.05, 0) is 50.2 Å². The van der Waals surface area contributed by atoms with E-state index in [1.165, 1.54) is 10.4 Å². The molecule has 3 rings (SSSR count). The first-order valence-corrected chi connectivity index (χ1v) is 12.9. The smallest absolute Gasteiger partial charge is 0.255 e. The average Bonchev–Trinajstić information content (AvgIpc) is 2.86. The molecule has 2 amide bonds. The topological polar surface area (TPSA) is 108 Å². The van der Waals surface area contributed by atoms with Crippen LogP contribution in [0.2, 0.25) is 0 Å². The lowest BCUT2D eigenvalue weighted by molar-refractivity contribution is -0.115. The first-order valence-electron chi connectivity index (χ1n) is 11.5. The summed E-state index contributed by atoms with van der Waals surface area (Å²) < 4.78 is 33.1. The maximum Gasteiger partial charge on any atom is 0.255 e. The maximum atomic E-state index is 13.2. The van der Waals surface area contributed by atoms with E-state index in [0.717, 1.165) is 5.69 Å². The van der Waals surface area contributed by atoms with Crippen LogP contribution < -0.4 is 15.5 Å². The van der Waals surface area contributed by atoms with E-state index in [4.69, 9.17) is 4.74 Å². The molecule has 1 aliphatic heterocycles. The number of nitrogens with one attached hydrogen (secondary N) is 2. The quantitative estimate of drug-likeness (QED) is 0.561. The Labute approximate surface area is 201 Å². The molecule has 0 atom stereocenters. The van der Waals surface area contributed by atoms with Gasteiger partial charge < -0.3 is 20.3 Å². The molecular formula is C24H32N4O5S. The van der Waals surface area contributed by atoms with E-state index in [1.54, 1.807) is 43.3 Å². The highest BCUT2D eigenvalue weighted by Crippen LogP contribution is 2.31. The molecule has 0 saturated carbocycles. The zero-order valence-electron chi connectivity index (χ0n) is 19.8. The summed E-state index contributed by atoms with van der Waals surface area (Å²) in [6.07, 6.45) is 0.327. The van der Waals surface area contributed by atoms with E-state index >= 15 is 0 Å². The van der Waals surface area contributed by atoms with Crippen molar-refractivity contribution in [1.29, 1.82) is 0 Å². The van der Waals surface area contributed by atoms with E-state index in [0.29, 0.717) is 49.7 Å². The zero-order valence-corrected chi connectivity index (χ0v) is 20.7. The third-order valence-electron chi connectivity index (χ3n) is 5.66. The van der Waals surface area contributed by atoms with Crippen LogP contribution in [-0.2, 0) is 19.6 Å². The summed E-state index contributed by atoms with van der Waals surface area (Å²) in [5.74, 6) is -0.552. The Morgan fingerprint density at radius 1 is 1.00 bits per heavy atom. The Morgan fingerprint density at radius 2 is 1.71 bits per heavy atom. The van der Waals surface area contributed by atoms with Crippen LogP contribution in [0.25, 0.3) is 0 Å². The van der Waals surface area contributed by atoms with E-state index in [-0.39, 0.29) is 23.9 Å². The molecule has 0 bridgehead atoms. The summed E-state index contributed by atoms with van der Waals surface area (Å²) >= 11 is 0. The van der Waals surface area contributed by atoms with Crippen LogP contribution in [-0.4, -0.2) is 63.9 Å². The predicted octanol–water partition coefficient (Wildman–Crippen LogP) is 3.15. The number of amides is 2. The van der Waals surface area contributed by atoms with Crippen molar-refractivity contribution in [2.75, 3.05) is 54.9 Å². The van der Waals surface area contributed by atoms with Crippen LogP contribution in [0.4, 0.5) is 17.1 Å². The normalized spacial score (nSPS) is 14.4. The molecule has 0 unspecified atom stereocenters. The second kappa shape index (κ2) is 11.5. The Morgan fingerprint density at radius 3 is 2.35 bits per heavy atom. The first kappa shape index (κ1) is 25.7.